The number of thiophene rings is 1. The summed E-state index contributed by atoms with van der Waals surface area (Å²) < 4.78 is 15.8. The molecule has 1 aromatic rings. The highest BCUT2D eigenvalue weighted by atomic mass is 32.2. The molecular weight excluding hydrogens is 522 g/mol. The Morgan fingerprint density at radius 2 is 2.00 bits per heavy atom. The van der Waals surface area contributed by atoms with Gasteiger partial charge < -0.3 is 19.5 Å². The van der Waals surface area contributed by atoms with Crippen LogP contribution in [0.5, 0.6) is 0 Å². The van der Waals surface area contributed by atoms with Gasteiger partial charge in [-0.05, 0) is 37.1 Å². The topological polar surface area (TPSA) is 141 Å². The van der Waals surface area contributed by atoms with Crippen LogP contribution >= 0.6 is 23.1 Å². The number of nitroso groups, excluding NO2 is 1. The van der Waals surface area contributed by atoms with Gasteiger partial charge in [-0.3, -0.25) is 14.5 Å². The van der Waals surface area contributed by atoms with Crippen molar-refractivity contribution in [2.45, 2.75) is 55.7 Å². The molecule has 1 saturated heterocycles. The van der Waals surface area contributed by atoms with Gasteiger partial charge in [-0.1, -0.05) is 23.9 Å². The van der Waals surface area contributed by atoms with E-state index in [1.807, 2.05) is 17.5 Å². The average molecular weight is 550 g/mol. The van der Waals surface area contributed by atoms with E-state index in [2.05, 4.69) is 17.1 Å². The fourth-order valence-electron chi connectivity index (χ4n) is 4.37. The van der Waals surface area contributed by atoms with Gasteiger partial charge in [0.15, 0.2) is 0 Å². The second kappa shape index (κ2) is 12.4. The molecule has 4 rings (SSSR count). The quantitative estimate of drug-likeness (QED) is 0.202. The van der Waals surface area contributed by atoms with Gasteiger partial charge in [-0.25, -0.2) is 9.59 Å². The van der Waals surface area contributed by atoms with E-state index in [9.17, 15) is 24.1 Å². The summed E-state index contributed by atoms with van der Waals surface area (Å²) in [6.45, 7) is 3.21. The van der Waals surface area contributed by atoms with Crippen LogP contribution in [0.25, 0.3) is 0 Å². The van der Waals surface area contributed by atoms with E-state index in [0.717, 1.165) is 4.88 Å². The van der Waals surface area contributed by atoms with Crippen LogP contribution in [0.2, 0.25) is 0 Å². The smallest absolute Gasteiger partial charge is 0.457 e. The Morgan fingerprint density at radius 1 is 1.22 bits per heavy atom. The number of β-lactam (4-membered cyclic amide) rings is 1. The van der Waals surface area contributed by atoms with Crippen molar-refractivity contribution >= 4 is 47.0 Å². The molecule has 2 fully saturated rings. The second-order valence-corrected chi connectivity index (χ2v) is 10.9. The lowest BCUT2D eigenvalue weighted by atomic mass is 9.94. The zero-order valence-electron chi connectivity index (χ0n) is 20.0. The number of ether oxygens (including phenoxy) is 3. The first-order chi connectivity index (χ1) is 17.9. The molecule has 1 aromatic heterocycles. The first kappa shape index (κ1) is 26.9. The summed E-state index contributed by atoms with van der Waals surface area (Å²) in [5.41, 5.74) is 0.405. The molecule has 37 heavy (non-hydrogen) atoms. The molecule has 13 heteroatoms. The number of hydrogen-bond donors (Lipinski definition) is 1. The molecule has 1 saturated carbocycles. The second-order valence-electron chi connectivity index (χ2n) is 8.74. The van der Waals surface area contributed by atoms with Gasteiger partial charge in [0.2, 0.25) is 5.91 Å². The zero-order chi connectivity index (χ0) is 26.4. The highest BCUT2D eigenvalue weighted by Gasteiger charge is 2.54. The highest BCUT2D eigenvalue weighted by Crippen LogP contribution is 2.41. The monoisotopic (exact) mass is 549 g/mol. The van der Waals surface area contributed by atoms with Gasteiger partial charge in [0.25, 0.3) is 5.91 Å². The fourth-order valence-corrected chi connectivity index (χ4v) is 6.40. The Balaban J connectivity index is 1.38. The molecule has 2 amide bonds. The maximum absolute atomic E-state index is 13.0. The maximum atomic E-state index is 13.0. The van der Waals surface area contributed by atoms with Crippen LogP contribution in [-0.2, 0) is 35.0 Å². The number of hydrogen-bond acceptors (Lipinski definition) is 11. The third-order valence-corrected chi connectivity index (χ3v) is 8.44. The summed E-state index contributed by atoms with van der Waals surface area (Å²) in [6.07, 6.45) is 2.45. The summed E-state index contributed by atoms with van der Waals surface area (Å²) >= 11 is 2.81. The molecule has 0 radical (unpaired) electrons. The largest absolute Gasteiger partial charge is 0.508 e. The summed E-state index contributed by atoms with van der Waals surface area (Å²) in [7, 11) is 0. The van der Waals surface area contributed by atoms with Crippen LogP contribution < -0.4 is 5.32 Å². The zero-order valence-corrected chi connectivity index (χ0v) is 21.6. The Kier molecular flexibility index (Phi) is 8.98. The predicted molar refractivity (Wildman–Crippen MR) is 135 cm³/mol. The molecule has 0 bridgehead atoms. The van der Waals surface area contributed by atoms with Crippen LogP contribution in [-0.4, -0.2) is 71.4 Å². The lowest BCUT2D eigenvalue weighted by Gasteiger charge is -2.49. The normalized spacial score (nSPS) is 24.9. The van der Waals surface area contributed by atoms with Crippen molar-refractivity contribution in [3.63, 3.8) is 0 Å². The third kappa shape index (κ3) is 6.39. The van der Waals surface area contributed by atoms with Crippen molar-refractivity contribution in [1.82, 2.24) is 10.2 Å². The van der Waals surface area contributed by atoms with Crippen LogP contribution in [0.3, 0.4) is 0 Å². The number of rotatable bonds is 10. The number of carbonyl (C=O) groups is 4. The summed E-state index contributed by atoms with van der Waals surface area (Å²) in [4.78, 5) is 63.4. The van der Waals surface area contributed by atoms with E-state index in [1.54, 1.807) is 0 Å². The van der Waals surface area contributed by atoms with Gasteiger partial charge in [0.1, 0.15) is 36.4 Å². The van der Waals surface area contributed by atoms with Crippen molar-refractivity contribution in [2.75, 3.05) is 19.0 Å². The van der Waals surface area contributed by atoms with Gasteiger partial charge in [-0.15, -0.1) is 23.1 Å². The number of thioether (sulfide) groups is 1. The van der Waals surface area contributed by atoms with Crippen molar-refractivity contribution < 1.29 is 33.4 Å². The standard InChI is InChI=1S/C24H27N3O8S2/c1-2-9-33-23(30)20-14(12-34-24(31)35-16-7-5-15(26-32)6-8-16)13-37-22-19(21(29)27(20)22)25-18(28)11-17-4-3-10-36-17/h2-4,10,15-16,19,22H,1,5-9,11-13H2,(H,25,28)/t15?,16?,19-,22-/m1/s1. The molecule has 11 nitrogen and oxygen atoms in total. The summed E-state index contributed by atoms with van der Waals surface area (Å²) in [5.74, 6) is -1.18. The molecular formula is C24H27N3O8S2. The minimum Gasteiger partial charge on any atom is -0.457 e. The number of nitrogens with one attached hydrogen (secondary N) is 1. The van der Waals surface area contributed by atoms with Crippen LogP contribution in [0.4, 0.5) is 4.79 Å². The van der Waals surface area contributed by atoms with Crippen LogP contribution in [0.1, 0.15) is 30.6 Å². The highest BCUT2D eigenvalue weighted by molar-refractivity contribution is 8.00. The average Bonchev–Trinajstić information content (AvgIpc) is 3.42. The Labute approximate surface area is 221 Å². The number of nitrogens with zero attached hydrogens (tertiary/aromatic N) is 2. The SMILES string of the molecule is C=CCOC(=O)C1=C(COC(=O)OC2CCC(N=O)CC2)CS[C@@H]2[C@H](NC(=O)Cc3cccs3)C(=O)N12. The summed E-state index contributed by atoms with van der Waals surface area (Å²) in [6, 6.07) is 2.66. The number of carbonyl (C=O) groups excluding carboxylic acids is 4. The van der Waals surface area contributed by atoms with E-state index in [1.165, 1.54) is 34.1 Å². The van der Waals surface area contributed by atoms with Gasteiger partial charge in [0.05, 0.1) is 12.5 Å². The molecule has 0 spiro atoms. The number of amides is 2. The first-order valence-electron chi connectivity index (χ1n) is 11.8. The Bertz CT molecular complexity index is 1080. The molecule has 3 aliphatic rings. The Morgan fingerprint density at radius 3 is 2.68 bits per heavy atom. The number of fused-ring (bicyclic) bond motifs is 1. The third-order valence-electron chi connectivity index (χ3n) is 6.22. The molecule has 1 N–H and O–H groups in total. The van der Waals surface area contributed by atoms with Crippen molar-refractivity contribution in [3.8, 4) is 0 Å². The van der Waals surface area contributed by atoms with E-state index in [-0.39, 0.29) is 49.1 Å². The van der Waals surface area contributed by atoms with Crippen molar-refractivity contribution in [2.24, 2.45) is 5.18 Å². The molecule has 3 heterocycles. The summed E-state index contributed by atoms with van der Waals surface area (Å²) in [5, 5.41) is 7.18. The van der Waals surface area contributed by atoms with Gasteiger partial charge in [-0.2, -0.15) is 4.91 Å². The lowest BCUT2D eigenvalue weighted by molar-refractivity contribution is -0.152. The lowest BCUT2D eigenvalue weighted by Crippen LogP contribution is -2.70. The minimum absolute atomic E-state index is 0.00437. The molecule has 2 aliphatic heterocycles. The predicted octanol–water partition coefficient (Wildman–Crippen LogP) is 2.90. The van der Waals surface area contributed by atoms with Crippen molar-refractivity contribution in [3.05, 3.63) is 51.2 Å². The van der Waals surface area contributed by atoms with Gasteiger partial charge in [0, 0.05) is 16.2 Å². The molecule has 0 aromatic carbocycles. The Hall–Kier alpha value is -3.19. The molecule has 1 aliphatic carbocycles. The molecule has 0 unspecified atom stereocenters. The molecule has 198 valence electrons. The molecule has 2 atom stereocenters. The maximum Gasteiger partial charge on any atom is 0.508 e. The van der Waals surface area contributed by atoms with E-state index < -0.39 is 29.4 Å². The van der Waals surface area contributed by atoms with E-state index >= 15 is 0 Å². The first-order valence-corrected chi connectivity index (χ1v) is 13.8. The van der Waals surface area contributed by atoms with Crippen LogP contribution in [0, 0.1) is 4.91 Å². The van der Waals surface area contributed by atoms with Gasteiger partial charge >= 0.3 is 12.1 Å². The number of esters is 1. The fraction of sp³-hybridized carbons (Fsp3) is 0.500. The van der Waals surface area contributed by atoms with E-state index in [0.29, 0.717) is 31.3 Å². The van der Waals surface area contributed by atoms with Crippen molar-refractivity contribution in [1.29, 1.82) is 0 Å². The van der Waals surface area contributed by atoms with Crippen LogP contribution in [0.15, 0.2) is 46.6 Å². The van der Waals surface area contributed by atoms with E-state index in [4.69, 9.17) is 14.2 Å². The minimum atomic E-state index is -0.894.